The topological polar surface area (TPSA) is 66.2 Å². The molecule has 2 aliphatic rings. The smallest absolute Gasteiger partial charge is 0.410 e. The largest absolute Gasteiger partial charge is 0.444 e. The number of carbonyl (C=O) groups excluding carboxylic acids is 1. The highest BCUT2D eigenvalue weighted by atomic mass is 16.6. The van der Waals surface area contributed by atoms with Gasteiger partial charge in [-0.3, -0.25) is 4.98 Å². The number of aromatic nitrogens is 1. The summed E-state index contributed by atoms with van der Waals surface area (Å²) in [6.45, 7) is 6.72. The molecule has 0 bridgehead atoms. The molecule has 0 unspecified atom stereocenters. The molecule has 1 amide bonds. The summed E-state index contributed by atoms with van der Waals surface area (Å²) < 4.78 is 5.43. The molecule has 0 aromatic carbocycles. The second-order valence-corrected chi connectivity index (χ2v) is 8.39. The summed E-state index contributed by atoms with van der Waals surface area (Å²) in [5, 5.41) is 9.75. The third kappa shape index (κ3) is 4.50. The summed E-state index contributed by atoms with van der Waals surface area (Å²) in [7, 11) is 0. The van der Waals surface area contributed by atoms with E-state index in [4.69, 9.17) is 4.74 Å². The fraction of sp³-hybridized carbons (Fsp3) is 0.650. The van der Waals surface area contributed by atoms with Crippen molar-refractivity contribution < 1.29 is 9.53 Å². The maximum atomic E-state index is 12.2. The van der Waals surface area contributed by atoms with Gasteiger partial charge in [0.05, 0.1) is 11.5 Å². The van der Waals surface area contributed by atoms with Crippen LogP contribution in [0, 0.1) is 16.7 Å². The van der Waals surface area contributed by atoms with Crippen LogP contribution in [-0.2, 0) is 11.2 Å². The van der Waals surface area contributed by atoms with Crippen LogP contribution in [0.1, 0.15) is 63.6 Å². The standard InChI is InChI=1S/C20H27N3O2/c1-19(2,3)25-18(24)23-10-8-20(14-21,9-11-23)12-17-7-6-16(13-22-17)15-4-5-15/h6-7,13,15H,4-5,8-12H2,1-3H3. The Bertz CT molecular complexity index is 658. The highest BCUT2D eigenvalue weighted by Gasteiger charge is 2.38. The molecule has 2 fully saturated rings. The molecular weight excluding hydrogens is 314 g/mol. The van der Waals surface area contributed by atoms with Crippen molar-refractivity contribution in [2.75, 3.05) is 13.1 Å². The molecule has 1 aliphatic heterocycles. The number of likely N-dealkylation sites (tertiary alicyclic amines) is 1. The second-order valence-electron chi connectivity index (χ2n) is 8.39. The number of pyridine rings is 1. The van der Waals surface area contributed by atoms with Gasteiger partial charge < -0.3 is 9.64 Å². The van der Waals surface area contributed by atoms with Crippen LogP contribution in [0.2, 0.25) is 0 Å². The van der Waals surface area contributed by atoms with Gasteiger partial charge in [0.25, 0.3) is 0 Å². The Morgan fingerprint density at radius 2 is 2.04 bits per heavy atom. The molecule has 134 valence electrons. The van der Waals surface area contributed by atoms with Gasteiger partial charge in [-0.25, -0.2) is 4.79 Å². The van der Waals surface area contributed by atoms with Crippen molar-refractivity contribution in [2.45, 2.75) is 64.4 Å². The number of amides is 1. The molecule has 3 rings (SSSR count). The predicted molar refractivity (Wildman–Crippen MR) is 95.0 cm³/mol. The number of piperidine rings is 1. The van der Waals surface area contributed by atoms with Crippen LogP contribution in [0.3, 0.4) is 0 Å². The first kappa shape index (κ1) is 17.7. The van der Waals surface area contributed by atoms with Gasteiger partial charge in [0, 0.05) is 31.4 Å². The van der Waals surface area contributed by atoms with E-state index in [1.807, 2.05) is 27.0 Å². The lowest BCUT2D eigenvalue weighted by atomic mass is 9.76. The first-order valence-electron chi connectivity index (χ1n) is 9.14. The number of nitrogens with zero attached hydrogens (tertiary/aromatic N) is 3. The van der Waals surface area contributed by atoms with Gasteiger partial charge in [-0.1, -0.05) is 6.07 Å². The summed E-state index contributed by atoms with van der Waals surface area (Å²) in [4.78, 5) is 18.5. The second kappa shape index (κ2) is 6.67. The molecule has 1 aromatic heterocycles. The van der Waals surface area contributed by atoms with E-state index in [0.717, 1.165) is 5.69 Å². The normalized spacial score (nSPS) is 20.0. The van der Waals surface area contributed by atoms with Gasteiger partial charge in [0.15, 0.2) is 0 Å². The zero-order chi connectivity index (χ0) is 18.1. The van der Waals surface area contributed by atoms with Gasteiger partial charge in [-0.15, -0.1) is 0 Å². The minimum absolute atomic E-state index is 0.286. The summed E-state index contributed by atoms with van der Waals surface area (Å²) in [5.41, 5.74) is 1.35. The van der Waals surface area contributed by atoms with Gasteiger partial charge in [-0.2, -0.15) is 5.26 Å². The summed E-state index contributed by atoms with van der Waals surface area (Å²) in [6, 6.07) is 6.72. The van der Waals surface area contributed by atoms with Crippen molar-refractivity contribution in [3.05, 3.63) is 29.6 Å². The average molecular weight is 341 g/mol. The lowest BCUT2D eigenvalue weighted by molar-refractivity contribution is 0.0148. The molecule has 5 heteroatoms. The number of rotatable bonds is 3. The first-order chi connectivity index (χ1) is 11.8. The van der Waals surface area contributed by atoms with E-state index in [0.29, 0.717) is 38.3 Å². The zero-order valence-corrected chi connectivity index (χ0v) is 15.4. The van der Waals surface area contributed by atoms with Crippen LogP contribution < -0.4 is 0 Å². The molecule has 1 saturated carbocycles. The Kier molecular flexibility index (Phi) is 4.73. The summed E-state index contributed by atoms with van der Waals surface area (Å²) >= 11 is 0. The zero-order valence-electron chi connectivity index (χ0n) is 15.4. The van der Waals surface area contributed by atoms with E-state index in [1.54, 1.807) is 4.90 Å². The minimum Gasteiger partial charge on any atom is -0.444 e. The fourth-order valence-electron chi connectivity index (χ4n) is 3.32. The van der Waals surface area contributed by atoms with Crippen molar-refractivity contribution in [3.8, 4) is 6.07 Å². The van der Waals surface area contributed by atoms with Crippen molar-refractivity contribution >= 4 is 6.09 Å². The third-order valence-corrected chi connectivity index (χ3v) is 5.03. The Morgan fingerprint density at radius 1 is 1.36 bits per heavy atom. The van der Waals surface area contributed by atoms with Crippen LogP contribution in [0.15, 0.2) is 18.3 Å². The quantitative estimate of drug-likeness (QED) is 0.832. The van der Waals surface area contributed by atoms with E-state index in [1.165, 1.54) is 18.4 Å². The van der Waals surface area contributed by atoms with Gasteiger partial charge in [0.1, 0.15) is 5.60 Å². The Morgan fingerprint density at radius 3 is 2.52 bits per heavy atom. The summed E-state index contributed by atoms with van der Waals surface area (Å²) in [5.74, 6) is 0.698. The molecule has 0 N–H and O–H groups in total. The molecular formula is C20H27N3O2. The van der Waals surface area contributed by atoms with Crippen LogP contribution in [0.25, 0.3) is 0 Å². The van der Waals surface area contributed by atoms with Crippen molar-refractivity contribution in [2.24, 2.45) is 5.41 Å². The number of hydrogen-bond acceptors (Lipinski definition) is 4. The SMILES string of the molecule is CC(C)(C)OC(=O)N1CCC(C#N)(Cc2ccc(C3CC3)cn2)CC1. The lowest BCUT2D eigenvalue weighted by Gasteiger charge is -2.37. The van der Waals surface area contributed by atoms with Gasteiger partial charge >= 0.3 is 6.09 Å². The van der Waals surface area contributed by atoms with Crippen molar-refractivity contribution in [3.63, 3.8) is 0 Å². The Balaban J connectivity index is 1.59. The monoisotopic (exact) mass is 341 g/mol. The van der Waals surface area contributed by atoms with Gasteiger partial charge in [-0.05, 0) is 64.0 Å². The highest BCUT2D eigenvalue weighted by molar-refractivity contribution is 5.68. The van der Waals surface area contributed by atoms with Gasteiger partial charge in [0.2, 0.25) is 0 Å². The molecule has 5 nitrogen and oxygen atoms in total. The third-order valence-electron chi connectivity index (χ3n) is 5.03. The molecule has 1 saturated heterocycles. The molecule has 1 aliphatic carbocycles. The fourth-order valence-corrected chi connectivity index (χ4v) is 3.32. The molecule has 25 heavy (non-hydrogen) atoms. The number of ether oxygens (including phenoxy) is 1. The van der Waals surface area contributed by atoms with E-state index in [2.05, 4.69) is 23.2 Å². The maximum absolute atomic E-state index is 12.2. The molecule has 0 radical (unpaired) electrons. The van der Waals surface area contributed by atoms with E-state index < -0.39 is 11.0 Å². The Hall–Kier alpha value is -2.09. The number of hydrogen-bond donors (Lipinski definition) is 0. The Labute approximate surface area is 150 Å². The van der Waals surface area contributed by atoms with Crippen molar-refractivity contribution in [1.29, 1.82) is 5.26 Å². The molecule has 0 atom stereocenters. The lowest BCUT2D eigenvalue weighted by Crippen LogP contribution is -2.45. The molecule has 0 spiro atoms. The minimum atomic E-state index is -0.492. The van der Waals surface area contributed by atoms with Crippen LogP contribution in [-0.4, -0.2) is 34.7 Å². The highest BCUT2D eigenvalue weighted by Crippen LogP contribution is 2.40. The van der Waals surface area contributed by atoms with Crippen molar-refractivity contribution in [1.82, 2.24) is 9.88 Å². The molecule has 1 aromatic rings. The predicted octanol–water partition coefficient (Wildman–Crippen LogP) is 4.04. The van der Waals surface area contributed by atoms with E-state index in [9.17, 15) is 10.1 Å². The van der Waals surface area contributed by atoms with Crippen LogP contribution in [0.5, 0.6) is 0 Å². The number of carbonyl (C=O) groups is 1. The number of nitriles is 1. The molecule has 2 heterocycles. The van der Waals surface area contributed by atoms with Crippen LogP contribution >= 0.6 is 0 Å². The average Bonchev–Trinajstić information content (AvgIpc) is 3.39. The van der Waals surface area contributed by atoms with E-state index >= 15 is 0 Å². The first-order valence-corrected chi connectivity index (χ1v) is 9.14. The van der Waals surface area contributed by atoms with Crippen LogP contribution in [0.4, 0.5) is 4.79 Å². The maximum Gasteiger partial charge on any atom is 0.410 e. The summed E-state index contributed by atoms with van der Waals surface area (Å²) in [6.07, 6.45) is 6.19. The van der Waals surface area contributed by atoms with E-state index in [-0.39, 0.29) is 6.09 Å².